The summed E-state index contributed by atoms with van der Waals surface area (Å²) in [6, 6.07) is 8.62. The number of thioether (sulfide) groups is 1. The zero-order valence-corrected chi connectivity index (χ0v) is 16.4. The fourth-order valence-corrected chi connectivity index (χ4v) is 3.34. The van der Waals surface area contributed by atoms with Crippen molar-refractivity contribution >= 4 is 35.0 Å². The normalized spacial score (nSPS) is 11.6. The van der Waals surface area contributed by atoms with E-state index in [1.165, 1.54) is 37.4 Å². The van der Waals surface area contributed by atoms with E-state index in [0.717, 1.165) is 9.36 Å². The third-order valence-corrected chi connectivity index (χ3v) is 4.93. The van der Waals surface area contributed by atoms with Gasteiger partial charge in [0, 0.05) is 28.6 Å². The van der Waals surface area contributed by atoms with Crippen LogP contribution in [0.15, 0.2) is 46.1 Å². The smallest absolute Gasteiger partial charge is 0.446 e. The summed E-state index contributed by atoms with van der Waals surface area (Å²) >= 11 is 11.6. The summed E-state index contributed by atoms with van der Waals surface area (Å²) in [7, 11) is 1.38. The molecule has 12 heteroatoms. The molecule has 0 spiro atoms. The van der Waals surface area contributed by atoms with Gasteiger partial charge in [-0.05, 0) is 46.5 Å². The highest BCUT2D eigenvalue weighted by Gasteiger charge is 2.31. The molecule has 1 aromatic heterocycles. The Morgan fingerprint density at radius 2 is 1.93 bits per heavy atom. The second kappa shape index (κ2) is 8.06. The third kappa shape index (κ3) is 4.62. The Morgan fingerprint density at radius 1 is 1.18 bits per heavy atom. The zero-order valence-electron chi connectivity index (χ0n) is 14.1. The van der Waals surface area contributed by atoms with Crippen molar-refractivity contribution in [1.82, 2.24) is 19.8 Å². The van der Waals surface area contributed by atoms with Crippen molar-refractivity contribution in [3.8, 4) is 11.4 Å². The molecule has 3 aromatic rings. The SMILES string of the molecule is Cn1nnn(-c2cccc(SC(F)(F)F)c2COc2cc(Cl)ccc2Cl)c1=O. The quantitative estimate of drug-likeness (QED) is 0.536. The molecule has 1 heterocycles. The number of rotatable bonds is 5. The number of aryl methyl sites for hydroxylation is 1. The number of aromatic nitrogens is 4. The largest absolute Gasteiger partial charge is 0.487 e. The molecule has 0 atom stereocenters. The highest BCUT2D eigenvalue weighted by molar-refractivity contribution is 8.00. The Kier molecular flexibility index (Phi) is 5.92. The number of alkyl halides is 3. The highest BCUT2D eigenvalue weighted by Crippen LogP contribution is 2.40. The van der Waals surface area contributed by atoms with Crippen LogP contribution in [0.4, 0.5) is 13.2 Å². The molecule has 148 valence electrons. The number of hydrogen-bond donors (Lipinski definition) is 0. The molecule has 0 aliphatic heterocycles. The summed E-state index contributed by atoms with van der Waals surface area (Å²) in [6.07, 6.45) is 0. The topological polar surface area (TPSA) is 61.9 Å². The van der Waals surface area contributed by atoms with Gasteiger partial charge >= 0.3 is 11.2 Å². The second-order valence-corrected chi connectivity index (χ2v) is 7.41. The maximum atomic E-state index is 13.0. The number of nitrogens with zero attached hydrogens (tertiary/aromatic N) is 4. The highest BCUT2D eigenvalue weighted by atomic mass is 35.5. The minimum absolute atomic E-state index is 0.100. The Morgan fingerprint density at radius 3 is 2.57 bits per heavy atom. The minimum Gasteiger partial charge on any atom is -0.487 e. The van der Waals surface area contributed by atoms with E-state index in [0.29, 0.717) is 5.02 Å². The first-order chi connectivity index (χ1) is 13.2. The first-order valence-corrected chi connectivity index (χ1v) is 9.18. The van der Waals surface area contributed by atoms with Crippen LogP contribution in [0.1, 0.15) is 5.56 Å². The molecule has 2 aromatic carbocycles. The molecule has 0 amide bonds. The van der Waals surface area contributed by atoms with Crippen LogP contribution in [0.5, 0.6) is 5.75 Å². The van der Waals surface area contributed by atoms with Gasteiger partial charge < -0.3 is 4.74 Å². The van der Waals surface area contributed by atoms with Crippen molar-refractivity contribution in [2.75, 3.05) is 0 Å². The van der Waals surface area contributed by atoms with Gasteiger partial charge in [0.2, 0.25) is 0 Å². The number of benzene rings is 2. The maximum absolute atomic E-state index is 13.0. The standard InChI is InChI=1S/C16H11Cl2F3N4O2S/c1-24-15(26)25(23-22-24)12-3-2-4-14(28-16(19,20)21)10(12)8-27-13-7-9(17)5-6-11(13)18/h2-7H,8H2,1H3. The fourth-order valence-electron chi connectivity index (χ4n) is 2.32. The van der Waals surface area contributed by atoms with E-state index in [2.05, 4.69) is 10.4 Å². The second-order valence-electron chi connectivity index (χ2n) is 5.46. The van der Waals surface area contributed by atoms with Gasteiger partial charge in [0.15, 0.2) is 0 Å². The molecule has 0 aliphatic carbocycles. The molecule has 0 fully saturated rings. The summed E-state index contributed by atoms with van der Waals surface area (Å²) in [5.41, 5.74) is -4.93. The van der Waals surface area contributed by atoms with E-state index >= 15 is 0 Å². The average Bonchev–Trinajstić information content (AvgIpc) is 2.94. The van der Waals surface area contributed by atoms with E-state index < -0.39 is 11.2 Å². The summed E-state index contributed by atoms with van der Waals surface area (Å²) < 4.78 is 46.5. The van der Waals surface area contributed by atoms with Gasteiger partial charge in [0.1, 0.15) is 12.4 Å². The van der Waals surface area contributed by atoms with Crippen LogP contribution in [0.25, 0.3) is 5.69 Å². The van der Waals surface area contributed by atoms with Gasteiger partial charge in [-0.3, -0.25) is 0 Å². The Labute approximate surface area is 170 Å². The Bertz CT molecular complexity index is 1070. The third-order valence-electron chi connectivity index (χ3n) is 3.55. The zero-order chi connectivity index (χ0) is 20.5. The molecule has 0 saturated carbocycles. The molecule has 0 N–H and O–H groups in total. The van der Waals surface area contributed by atoms with Crippen molar-refractivity contribution < 1.29 is 17.9 Å². The van der Waals surface area contributed by atoms with Gasteiger partial charge in [0.05, 0.1) is 10.7 Å². The lowest BCUT2D eigenvalue weighted by atomic mass is 10.2. The lowest BCUT2D eigenvalue weighted by Crippen LogP contribution is -2.23. The molecule has 0 saturated heterocycles. The monoisotopic (exact) mass is 450 g/mol. The maximum Gasteiger partial charge on any atom is 0.446 e. The van der Waals surface area contributed by atoms with Crippen molar-refractivity contribution in [2.45, 2.75) is 17.0 Å². The van der Waals surface area contributed by atoms with E-state index in [9.17, 15) is 18.0 Å². The summed E-state index contributed by atoms with van der Waals surface area (Å²) in [6.45, 7) is -0.308. The van der Waals surface area contributed by atoms with Crippen LogP contribution in [0, 0.1) is 0 Å². The van der Waals surface area contributed by atoms with Crippen LogP contribution in [-0.4, -0.2) is 25.3 Å². The van der Waals surface area contributed by atoms with Gasteiger partial charge in [0.25, 0.3) is 0 Å². The predicted octanol–water partition coefficient (Wildman–Crippen LogP) is 4.46. The van der Waals surface area contributed by atoms with Gasteiger partial charge in [-0.25, -0.2) is 4.79 Å². The lowest BCUT2D eigenvalue weighted by Gasteiger charge is -2.16. The molecule has 0 radical (unpaired) electrons. The molecular weight excluding hydrogens is 440 g/mol. The van der Waals surface area contributed by atoms with Gasteiger partial charge in [-0.2, -0.15) is 22.5 Å². The summed E-state index contributed by atoms with van der Waals surface area (Å²) in [5, 5.41) is 7.87. The summed E-state index contributed by atoms with van der Waals surface area (Å²) in [5.74, 6) is 0.193. The Hall–Kier alpha value is -2.17. The average molecular weight is 451 g/mol. The lowest BCUT2D eigenvalue weighted by molar-refractivity contribution is -0.0328. The first kappa shape index (κ1) is 20.6. The minimum atomic E-state index is -4.53. The van der Waals surface area contributed by atoms with Crippen molar-refractivity contribution in [1.29, 1.82) is 0 Å². The van der Waals surface area contributed by atoms with Crippen molar-refractivity contribution in [3.05, 3.63) is 62.5 Å². The van der Waals surface area contributed by atoms with E-state index in [1.807, 2.05) is 0 Å². The van der Waals surface area contributed by atoms with Crippen molar-refractivity contribution in [3.63, 3.8) is 0 Å². The van der Waals surface area contributed by atoms with E-state index in [4.69, 9.17) is 27.9 Å². The molecule has 0 bridgehead atoms. The van der Waals surface area contributed by atoms with E-state index in [-0.39, 0.29) is 45.3 Å². The number of tetrazole rings is 1. The van der Waals surface area contributed by atoms with Crippen LogP contribution in [0.3, 0.4) is 0 Å². The van der Waals surface area contributed by atoms with Crippen LogP contribution < -0.4 is 10.4 Å². The molecular formula is C16H11Cl2F3N4O2S. The van der Waals surface area contributed by atoms with Crippen LogP contribution >= 0.6 is 35.0 Å². The first-order valence-electron chi connectivity index (χ1n) is 7.60. The number of hydrogen-bond acceptors (Lipinski definition) is 5. The fraction of sp³-hybridized carbons (Fsp3) is 0.188. The molecule has 0 unspecified atom stereocenters. The van der Waals surface area contributed by atoms with Crippen molar-refractivity contribution in [2.24, 2.45) is 7.05 Å². The Balaban J connectivity index is 2.06. The molecule has 3 rings (SSSR count). The van der Waals surface area contributed by atoms with Crippen LogP contribution in [0.2, 0.25) is 10.0 Å². The van der Waals surface area contributed by atoms with Gasteiger partial charge in [-0.1, -0.05) is 29.3 Å². The van der Waals surface area contributed by atoms with Gasteiger partial charge in [-0.15, -0.1) is 0 Å². The number of ether oxygens (including phenoxy) is 1. The molecule has 0 aliphatic rings. The number of halogens is 5. The van der Waals surface area contributed by atoms with Crippen LogP contribution in [-0.2, 0) is 13.7 Å². The molecule has 6 nitrogen and oxygen atoms in total. The van der Waals surface area contributed by atoms with E-state index in [1.54, 1.807) is 6.07 Å². The molecule has 28 heavy (non-hydrogen) atoms. The summed E-state index contributed by atoms with van der Waals surface area (Å²) in [4.78, 5) is 12.0. The predicted molar refractivity (Wildman–Crippen MR) is 99.3 cm³/mol.